The van der Waals surface area contributed by atoms with E-state index in [9.17, 15) is 18.3 Å². The van der Waals surface area contributed by atoms with E-state index in [4.69, 9.17) is 9.47 Å². The highest BCUT2D eigenvalue weighted by molar-refractivity contribution is 7.92. The van der Waals surface area contributed by atoms with Gasteiger partial charge in [0.15, 0.2) is 0 Å². The van der Waals surface area contributed by atoms with E-state index >= 15 is 0 Å². The topological polar surface area (TPSA) is 111 Å². The lowest BCUT2D eigenvalue weighted by Gasteiger charge is -2.25. The van der Waals surface area contributed by atoms with Gasteiger partial charge in [0.2, 0.25) is 0 Å². The second kappa shape index (κ2) is 9.72. The maximum absolute atomic E-state index is 13.7. The molecule has 0 atom stereocenters. The van der Waals surface area contributed by atoms with Crippen LogP contribution in [0.1, 0.15) is 48.7 Å². The third kappa shape index (κ3) is 5.33. The lowest BCUT2D eigenvalue weighted by molar-refractivity contribution is 0.0490. The summed E-state index contributed by atoms with van der Waals surface area (Å²) in [4.78, 5) is 11.9. The Balaban J connectivity index is 1.64. The monoisotopic (exact) mass is 477 g/mol. The lowest BCUT2D eigenvalue weighted by Crippen LogP contribution is -2.35. The SMILES string of the molecule is CCn1nc(C)cc1N(CC1CC1)S(=O)(=O)c1ccc(OCC2CCOCC2)c(C(=O)O)c1. The first-order valence-corrected chi connectivity index (χ1v) is 12.9. The van der Waals surface area contributed by atoms with E-state index in [0.29, 0.717) is 44.6 Å². The molecule has 9 nitrogen and oxygen atoms in total. The molecule has 2 aliphatic rings. The molecule has 2 heterocycles. The number of carbonyl (C=O) groups is 1. The zero-order chi connectivity index (χ0) is 23.6. The van der Waals surface area contributed by atoms with Gasteiger partial charge in [0.25, 0.3) is 10.0 Å². The zero-order valence-corrected chi connectivity index (χ0v) is 19.9. The van der Waals surface area contributed by atoms with Crippen LogP contribution in [0.4, 0.5) is 5.82 Å². The zero-order valence-electron chi connectivity index (χ0n) is 19.1. The van der Waals surface area contributed by atoms with Gasteiger partial charge < -0.3 is 14.6 Å². The van der Waals surface area contributed by atoms with Crippen LogP contribution < -0.4 is 9.04 Å². The van der Waals surface area contributed by atoms with Crippen molar-refractivity contribution in [1.29, 1.82) is 0 Å². The predicted molar refractivity (Wildman–Crippen MR) is 122 cm³/mol. The second-order valence-electron chi connectivity index (χ2n) is 8.77. The van der Waals surface area contributed by atoms with E-state index in [-0.39, 0.29) is 22.1 Å². The Labute approximate surface area is 194 Å². The summed E-state index contributed by atoms with van der Waals surface area (Å²) < 4.78 is 41.6. The quantitative estimate of drug-likeness (QED) is 0.559. The van der Waals surface area contributed by atoms with Gasteiger partial charge in [0.05, 0.1) is 17.2 Å². The molecule has 4 rings (SSSR count). The summed E-state index contributed by atoms with van der Waals surface area (Å²) >= 11 is 0. The number of aromatic carboxylic acids is 1. The lowest BCUT2D eigenvalue weighted by atomic mass is 10.0. The Morgan fingerprint density at radius 3 is 2.58 bits per heavy atom. The van der Waals surface area contributed by atoms with Crippen LogP contribution in [0, 0.1) is 18.8 Å². The summed E-state index contributed by atoms with van der Waals surface area (Å²) in [6.07, 6.45) is 3.67. The molecule has 1 aromatic carbocycles. The number of sulfonamides is 1. The Bertz CT molecular complexity index is 1100. The van der Waals surface area contributed by atoms with Crippen LogP contribution >= 0.6 is 0 Å². The van der Waals surface area contributed by atoms with Crippen LogP contribution in [0.15, 0.2) is 29.2 Å². The van der Waals surface area contributed by atoms with Gasteiger partial charge in [-0.15, -0.1) is 0 Å². The Kier molecular flexibility index (Phi) is 6.94. The molecule has 2 fully saturated rings. The van der Waals surface area contributed by atoms with Crippen LogP contribution in [0.3, 0.4) is 0 Å². The Hall–Kier alpha value is -2.59. The van der Waals surface area contributed by atoms with Crippen molar-refractivity contribution in [3.8, 4) is 5.75 Å². The van der Waals surface area contributed by atoms with E-state index in [1.54, 1.807) is 10.7 Å². The molecule has 1 aliphatic carbocycles. The average molecular weight is 478 g/mol. The number of nitrogens with zero attached hydrogens (tertiary/aromatic N) is 3. The smallest absolute Gasteiger partial charge is 0.339 e. The maximum Gasteiger partial charge on any atom is 0.339 e. The molecule has 0 unspecified atom stereocenters. The highest BCUT2D eigenvalue weighted by atomic mass is 32.2. The molecule has 1 N–H and O–H groups in total. The molecule has 0 radical (unpaired) electrons. The predicted octanol–water partition coefficient (Wildman–Crippen LogP) is 3.32. The summed E-state index contributed by atoms with van der Waals surface area (Å²) in [5.74, 6) is 0.0312. The molecule has 33 heavy (non-hydrogen) atoms. The minimum absolute atomic E-state index is 0.0690. The summed E-state index contributed by atoms with van der Waals surface area (Å²) in [7, 11) is -4.00. The summed E-state index contributed by atoms with van der Waals surface area (Å²) in [5.41, 5.74) is 0.570. The van der Waals surface area contributed by atoms with E-state index in [1.807, 2.05) is 13.8 Å². The number of hydrogen-bond acceptors (Lipinski definition) is 6. The van der Waals surface area contributed by atoms with Gasteiger partial charge in [0.1, 0.15) is 17.1 Å². The maximum atomic E-state index is 13.7. The van der Waals surface area contributed by atoms with Gasteiger partial charge in [0, 0.05) is 32.4 Å². The number of carboxylic acids is 1. The molecule has 180 valence electrons. The Morgan fingerprint density at radius 1 is 1.21 bits per heavy atom. The van der Waals surface area contributed by atoms with Gasteiger partial charge in [-0.3, -0.25) is 0 Å². The van der Waals surface area contributed by atoms with Crippen molar-refractivity contribution in [2.75, 3.05) is 30.7 Å². The molecule has 0 bridgehead atoms. The summed E-state index contributed by atoms with van der Waals surface area (Å²) in [6, 6.07) is 5.84. The number of hydrogen-bond donors (Lipinski definition) is 1. The first kappa shape index (κ1) is 23.6. The van der Waals surface area contributed by atoms with Crippen molar-refractivity contribution < 1.29 is 27.8 Å². The number of anilines is 1. The van der Waals surface area contributed by atoms with Crippen LogP contribution in [0.2, 0.25) is 0 Å². The second-order valence-corrected chi connectivity index (χ2v) is 10.6. The summed E-state index contributed by atoms with van der Waals surface area (Å²) in [6.45, 7) is 6.31. The van der Waals surface area contributed by atoms with Gasteiger partial charge in [-0.05, 0) is 69.6 Å². The highest BCUT2D eigenvalue weighted by Crippen LogP contribution is 2.35. The van der Waals surface area contributed by atoms with E-state index in [2.05, 4.69) is 5.10 Å². The largest absolute Gasteiger partial charge is 0.492 e. The Morgan fingerprint density at radius 2 is 1.94 bits per heavy atom. The van der Waals surface area contributed by atoms with E-state index < -0.39 is 16.0 Å². The summed E-state index contributed by atoms with van der Waals surface area (Å²) in [5, 5.41) is 14.2. The normalized spacial score (nSPS) is 17.2. The number of aryl methyl sites for hydroxylation is 2. The fraction of sp³-hybridized carbons (Fsp3) is 0.565. The van der Waals surface area contributed by atoms with Crippen LogP contribution in [-0.2, 0) is 21.3 Å². The molecular weight excluding hydrogens is 446 g/mol. The van der Waals surface area contributed by atoms with Gasteiger partial charge in [-0.25, -0.2) is 22.2 Å². The molecule has 0 spiro atoms. The van der Waals surface area contributed by atoms with E-state index in [1.165, 1.54) is 22.5 Å². The van der Waals surface area contributed by atoms with E-state index in [0.717, 1.165) is 31.4 Å². The fourth-order valence-electron chi connectivity index (χ4n) is 4.03. The molecule has 1 aromatic heterocycles. The highest BCUT2D eigenvalue weighted by Gasteiger charge is 2.34. The molecule has 1 saturated carbocycles. The number of ether oxygens (including phenoxy) is 2. The first-order valence-electron chi connectivity index (χ1n) is 11.4. The molecule has 1 aliphatic heterocycles. The van der Waals surface area contributed by atoms with Crippen molar-refractivity contribution >= 4 is 21.8 Å². The fourth-order valence-corrected chi connectivity index (χ4v) is 5.59. The average Bonchev–Trinajstić information content (AvgIpc) is 3.56. The number of carboxylic acid groups (broad SMARTS) is 1. The van der Waals surface area contributed by atoms with Crippen LogP contribution in [-0.4, -0.2) is 55.6 Å². The third-order valence-electron chi connectivity index (χ3n) is 6.14. The van der Waals surface area contributed by atoms with Crippen LogP contribution in [0.5, 0.6) is 5.75 Å². The number of rotatable bonds is 10. The van der Waals surface area contributed by atoms with Crippen molar-refractivity contribution in [2.45, 2.75) is 51.0 Å². The van der Waals surface area contributed by atoms with Crippen molar-refractivity contribution in [1.82, 2.24) is 9.78 Å². The third-order valence-corrected chi connectivity index (χ3v) is 7.91. The number of aromatic nitrogens is 2. The minimum Gasteiger partial charge on any atom is -0.492 e. The standard InChI is InChI=1S/C23H31N3O6S/c1-3-25-22(12-16(2)24-25)26(14-17-4-5-17)33(29,30)19-6-7-21(20(13-19)23(27)28)32-15-18-8-10-31-11-9-18/h6-7,12-13,17-18H,3-5,8-11,14-15H2,1-2H3,(H,27,28). The first-order chi connectivity index (χ1) is 15.8. The van der Waals surface area contributed by atoms with Crippen molar-refractivity contribution in [2.24, 2.45) is 11.8 Å². The van der Waals surface area contributed by atoms with Crippen molar-refractivity contribution in [3.05, 3.63) is 35.5 Å². The van der Waals surface area contributed by atoms with Crippen molar-refractivity contribution in [3.63, 3.8) is 0 Å². The number of benzene rings is 1. The molecule has 0 amide bonds. The molecule has 2 aromatic rings. The van der Waals surface area contributed by atoms with Crippen LogP contribution in [0.25, 0.3) is 0 Å². The van der Waals surface area contributed by atoms with Gasteiger partial charge in [-0.1, -0.05) is 0 Å². The van der Waals surface area contributed by atoms with Gasteiger partial charge in [-0.2, -0.15) is 5.10 Å². The molecular formula is C23H31N3O6S. The minimum atomic E-state index is -4.00. The molecule has 10 heteroatoms. The van der Waals surface area contributed by atoms with Gasteiger partial charge >= 0.3 is 5.97 Å². The molecule has 1 saturated heterocycles.